The number of hydrogen-bond donors (Lipinski definition) is 0. The quantitative estimate of drug-likeness (QED) is 0.278. The van der Waals surface area contributed by atoms with Gasteiger partial charge in [-0.3, -0.25) is 0 Å². The molecule has 2 aromatic rings. The van der Waals surface area contributed by atoms with Crippen LogP contribution in [0.3, 0.4) is 0 Å². The number of benzene rings is 2. The van der Waals surface area contributed by atoms with E-state index >= 15 is 0 Å². The van der Waals surface area contributed by atoms with Crippen LogP contribution in [0, 0.1) is 0 Å². The van der Waals surface area contributed by atoms with Gasteiger partial charge in [-0.1, -0.05) is 83.4 Å². The van der Waals surface area contributed by atoms with Crippen LogP contribution < -0.4 is 29.6 Å². The maximum atomic E-state index is 11.9. The van der Waals surface area contributed by atoms with Crippen molar-refractivity contribution < 1.29 is 42.5 Å². The van der Waals surface area contributed by atoms with Gasteiger partial charge < -0.3 is 4.55 Å². The normalized spacial score (nSPS) is 11.6. The van der Waals surface area contributed by atoms with Crippen LogP contribution in [0.5, 0.6) is 0 Å². The van der Waals surface area contributed by atoms with Gasteiger partial charge >= 0.3 is 29.6 Å². The van der Waals surface area contributed by atoms with E-state index in [1.54, 1.807) is 6.07 Å². The first kappa shape index (κ1) is 26.6. The number of hydrogen-bond acceptors (Lipinski definition) is 3. The number of unbranched alkanes of at least 4 members (excludes halogenated alkanes) is 8. The van der Waals surface area contributed by atoms with Gasteiger partial charge in [0.05, 0.1) is 4.90 Å². The first-order valence-corrected chi connectivity index (χ1v) is 12.4. The van der Waals surface area contributed by atoms with Gasteiger partial charge in [-0.25, -0.2) is 8.42 Å². The number of aryl methyl sites for hydroxylation is 2. The van der Waals surface area contributed by atoms with E-state index in [9.17, 15) is 13.0 Å². The van der Waals surface area contributed by atoms with Gasteiger partial charge in [0.25, 0.3) is 0 Å². The molecule has 0 atom stereocenters. The molecule has 0 N–H and O–H groups in total. The molecule has 156 valence electrons. The maximum absolute atomic E-state index is 11.9. The van der Waals surface area contributed by atoms with E-state index in [1.165, 1.54) is 44.9 Å². The molecule has 0 aliphatic carbocycles. The summed E-state index contributed by atoms with van der Waals surface area (Å²) in [5.74, 6) is 0. The van der Waals surface area contributed by atoms with Crippen LogP contribution in [0.15, 0.2) is 35.2 Å². The van der Waals surface area contributed by atoms with Crippen LogP contribution in [-0.2, 0) is 23.0 Å². The smallest absolute Gasteiger partial charge is 0.744 e. The summed E-state index contributed by atoms with van der Waals surface area (Å²) in [6, 6.07) is 9.62. The SMILES string of the molecule is CCCCCCCc1cc(S(=O)(=O)[O-])c2cc(CCCCCCC)ccc2c1.[Na+]. The zero-order chi connectivity index (χ0) is 20.4. The summed E-state index contributed by atoms with van der Waals surface area (Å²) in [5, 5.41) is 1.44. The van der Waals surface area contributed by atoms with Crippen molar-refractivity contribution in [1.82, 2.24) is 0 Å². The fraction of sp³-hybridized carbons (Fsp3) is 0.583. The molecule has 0 saturated carbocycles. The van der Waals surface area contributed by atoms with Gasteiger partial charge in [0.1, 0.15) is 10.1 Å². The summed E-state index contributed by atoms with van der Waals surface area (Å²) in [5.41, 5.74) is 2.06. The minimum Gasteiger partial charge on any atom is -0.744 e. The molecule has 3 nitrogen and oxygen atoms in total. The summed E-state index contributed by atoms with van der Waals surface area (Å²) in [6.45, 7) is 4.39. The minimum atomic E-state index is -4.49. The first-order valence-electron chi connectivity index (χ1n) is 11.0. The van der Waals surface area contributed by atoms with Crippen molar-refractivity contribution in [1.29, 1.82) is 0 Å². The van der Waals surface area contributed by atoms with Crippen LogP contribution in [-0.4, -0.2) is 13.0 Å². The average Bonchev–Trinajstić information content (AvgIpc) is 2.66. The van der Waals surface area contributed by atoms with E-state index in [4.69, 9.17) is 0 Å². The topological polar surface area (TPSA) is 57.2 Å². The molecule has 29 heavy (non-hydrogen) atoms. The third-order valence-corrected chi connectivity index (χ3v) is 6.32. The van der Waals surface area contributed by atoms with E-state index in [0.29, 0.717) is 5.39 Å². The molecule has 0 fully saturated rings. The average molecular weight is 427 g/mol. The molecule has 0 bridgehead atoms. The summed E-state index contributed by atoms with van der Waals surface area (Å²) < 4.78 is 35.7. The van der Waals surface area contributed by atoms with Gasteiger partial charge in [-0.2, -0.15) is 0 Å². The predicted molar refractivity (Wildman–Crippen MR) is 117 cm³/mol. The fourth-order valence-corrected chi connectivity index (χ4v) is 4.54. The zero-order valence-electron chi connectivity index (χ0n) is 18.5. The van der Waals surface area contributed by atoms with Crippen LogP contribution in [0.4, 0.5) is 0 Å². The molecule has 0 unspecified atom stereocenters. The molecule has 0 heterocycles. The van der Waals surface area contributed by atoms with Crippen molar-refractivity contribution in [3.8, 4) is 0 Å². The van der Waals surface area contributed by atoms with E-state index in [2.05, 4.69) is 26.0 Å². The Morgan fingerprint density at radius 1 is 0.724 bits per heavy atom. The summed E-state index contributed by atoms with van der Waals surface area (Å²) in [4.78, 5) is -0.0543. The molecule has 0 spiro atoms. The maximum Gasteiger partial charge on any atom is 1.00 e. The van der Waals surface area contributed by atoms with Gasteiger partial charge in [-0.15, -0.1) is 0 Å². The Labute approximate surface area is 199 Å². The van der Waals surface area contributed by atoms with Gasteiger partial charge in [0, 0.05) is 0 Å². The Morgan fingerprint density at radius 3 is 1.83 bits per heavy atom. The Kier molecular flexibility index (Phi) is 12.7. The molecule has 0 saturated heterocycles. The Bertz CT molecular complexity index is 847. The van der Waals surface area contributed by atoms with Crippen LogP contribution in [0.2, 0.25) is 0 Å². The van der Waals surface area contributed by atoms with Crippen molar-refractivity contribution in [2.24, 2.45) is 0 Å². The molecule has 2 rings (SSSR count). The van der Waals surface area contributed by atoms with Gasteiger partial charge in [0.15, 0.2) is 0 Å². The number of rotatable bonds is 13. The Morgan fingerprint density at radius 2 is 1.28 bits per heavy atom. The van der Waals surface area contributed by atoms with Gasteiger partial charge in [-0.05, 0) is 59.7 Å². The van der Waals surface area contributed by atoms with E-state index < -0.39 is 10.1 Å². The van der Waals surface area contributed by atoms with E-state index in [1.807, 2.05) is 12.1 Å². The molecule has 0 amide bonds. The first-order chi connectivity index (χ1) is 13.5. The Balaban J connectivity index is 0.00000420. The predicted octanol–water partition coefficient (Wildman–Crippen LogP) is 3.77. The van der Waals surface area contributed by atoms with Crippen molar-refractivity contribution >= 4 is 20.9 Å². The van der Waals surface area contributed by atoms with Crippen LogP contribution in [0.25, 0.3) is 10.8 Å². The molecule has 2 aromatic carbocycles. The molecule has 0 radical (unpaired) electrons. The fourth-order valence-electron chi connectivity index (χ4n) is 3.80. The summed E-state index contributed by atoms with van der Waals surface area (Å²) >= 11 is 0. The summed E-state index contributed by atoms with van der Waals surface area (Å²) in [6.07, 6.45) is 13.6. The van der Waals surface area contributed by atoms with Crippen LogP contribution in [0.1, 0.15) is 89.2 Å². The van der Waals surface area contributed by atoms with Crippen molar-refractivity contribution in [2.75, 3.05) is 0 Å². The molecule has 0 aliphatic rings. The van der Waals surface area contributed by atoms with E-state index in [0.717, 1.165) is 48.6 Å². The second-order valence-corrected chi connectivity index (χ2v) is 9.28. The third kappa shape index (κ3) is 9.10. The molecular formula is C24H35NaO3S. The number of fused-ring (bicyclic) bond motifs is 1. The van der Waals surface area contributed by atoms with Crippen molar-refractivity contribution in [2.45, 2.75) is 95.8 Å². The zero-order valence-corrected chi connectivity index (χ0v) is 21.3. The monoisotopic (exact) mass is 426 g/mol. The molecule has 0 aromatic heterocycles. The van der Waals surface area contributed by atoms with Crippen molar-refractivity contribution in [3.05, 3.63) is 41.5 Å². The van der Waals surface area contributed by atoms with Crippen LogP contribution >= 0.6 is 0 Å². The molecule has 0 aliphatic heterocycles. The second-order valence-electron chi connectivity index (χ2n) is 7.93. The standard InChI is InChI=1S/C24H36O3S.Na/c1-3-5-7-9-11-13-20-15-16-22-17-21(14-12-10-8-6-4-2)19-24(23(22)18-20)28(25,26)27;/h15-19H,3-14H2,1-2H3,(H,25,26,27);/q;+1/p-1. The third-order valence-electron chi connectivity index (χ3n) is 5.45. The Hall–Kier alpha value is -0.390. The second kappa shape index (κ2) is 13.8. The van der Waals surface area contributed by atoms with E-state index in [-0.39, 0.29) is 34.5 Å². The minimum absolute atomic E-state index is 0. The molecular weight excluding hydrogens is 391 g/mol. The van der Waals surface area contributed by atoms with Gasteiger partial charge in [0.2, 0.25) is 0 Å². The van der Waals surface area contributed by atoms with Crippen molar-refractivity contribution in [3.63, 3.8) is 0 Å². The summed E-state index contributed by atoms with van der Waals surface area (Å²) in [7, 11) is -4.49. The largest absolute Gasteiger partial charge is 1.00 e. The molecule has 5 heteroatoms.